The fourth-order valence-corrected chi connectivity index (χ4v) is 5.50. The number of benzene rings is 1. The van der Waals surface area contributed by atoms with Gasteiger partial charge in [0.15, 0.2) is 0 Å². The van der Waals surface area contributed by atoms with Crippen molar-refractivity contribution in [1.29, 1.82) is 0 Å². The number of hydrogen-bond acceptors (Lipinski definition) is 4. The molecule has 5 rings (SSSR count). The predicted octanol–water partition coefficient (Wildman–Crippen LogP) is 6.02. The van der Waals surface area contributed by atoms with E-state index in [0.717, 1.165) is 48.9 Å². The van der Waals surface area contributed by atoms with E-state index in [1.165, 1.54) is 24.0 Å². The minimum atomic E-state index is -0.411. The van der Waals surface area contributed by atoms with Crippen LogP contribution in [0.25, 0.3) is 5.52 Å². The van der Waals surface area contributed by atoms with Crippen molar-refractivity contribution in [3.8, 4) is 5.75 Å². The second kappa shape index (κ2) is 9.86. The van der Waals surface area contributed by atoms with E-state index in [2.05, 4.69) is 52.8 Å². The second-order valence-corrected chi connectivity index (χ2v) is 9.98. The molecule has 0 aliphatic heterocycles. The van der Waals surface area contributed by atoms with Gasteiger partial charge in [0.1, 0.15) is 5.75 Å². The van der Waals surface area contributed by atoms with Crippen molar-refractivity contribution in [2.75, 3.05) is 13.7 Å². The third-order valence-electron chi connectivity index (χ3n) is 7.62. The van der Waals surface area contributed by atoms with Crippen LogP contribution in [0.2, 0.25) is 0 Å². The topological polar surface area (TPSA) is 56.0 Å². The van der Waals surface area contributed by atoms with Gasteiger partial charge in [-0.05, 0) is 92.5 Å². The van der Waals surface area contributed by atoms with Crippen molar-refractivity contribution in [2.24, 2.45) is 5.92 Å². The second-order valence-electron chi connectivity index (χ2n) is 9.98. The van der Waals surface area contributed by atoms with Crippen LogP contribution in [-0.2, 0) is 4.74 Å². The van der Waals surface area contributed by atoms with Gasteiger partial charge in [-0.2, -0.15) is 0 Å². The SMILES string of the molecule is COCCC(C)Oc1ccc(C2CCC(C(O)c3c(C4CC4)ccn4cncc34)CC2)cc1. The Hall–Kier alpha value is -2.37. The Morgan fingerprint density at radius 1 is 1.03 bits per heavy atom. The highest BCUT2D eigenvalue weighted by Crippen LogP contribution is 2.48. The highest BCUT2D eigenvalue weighted by molar-refractivity contribution is 5.59. The predicted molar refractivity (Wildman–Crippen MR) is 130 cm³/mol. The Kier molecular flexibility index (Phi) is 6.70. The minimum absolute atomic E-state index is 0.147. The van der Waals surface area contributed by atoms with E-state index in [-0.39, 0.29) is 6.10 Å². The highest BCUT2D eigenvalue weighted by atomic mass is 16.5. The Labute approximate surface area is 196 Å². The van der Waals surface area contributed by atoms with Gasteiger partial charge in [-0.3, -0.25) is 0 Å². The first-order valence-electron chi connectivity index (χ1n) is 12.5. The number of fused-ring (bicyclic) bond motifs is 1. The first-order valence-corrected chi connectivity index (χ1v) is 12.5. The van der Waals surface area contributed by atoms with Gasteiger partial charge in [0.05, 0.1) is 30.2 Å². The van der Waals surface area contributed by atoms with Gasteiger partial charge in [-0.25, -0.2) is 4.98 Å². The summed E-state index contributed by atoms with van der Waals surface area (Å²) >= 11 is 0. The molecule has 0 saturated heterocycles. The van der Waals surface area contributed by atoms with E-state index in [4.69, 9.17) is 9.47 Å². The summed E-state index contributed by atoms with van der Waals surface area (Å²) in [6, 6.07) is 10.8. The summed E-state index contributed by atoms with van der Waals surface area (Å²) in [6.07, 6.45) is 13.3. The lowest BCUT2D eigenvalue weighted by Gasteiger charge is -2.33. The van der Waals surface area contributed by atoms with Crippen molar-refractivity contribution < 1.29 is 14.6 Å². The van der Waals surface area contributed by atoms with Crippen LogP contribution in [0.15, 0.2) is 49.1 Å². The summed E-state index contributed by atoms with van der Waals surface area (Å²) in [4.78, 5) is 4.34. The molecule has 2 unspecified atom stereocenters. The molecule has 2 fully saturated rings. The summed E-state index contributed by atoms with van der Waals surface area (Å²) in [7, 11) is 1.72. The molecule has 2 aromatic heterocycles. The zero-order valence-electron chi connectivity index (χ0n) is 19.8. The fourth-order valence-electron chi connectivity index (χ4n) is 5.50. The molecule has 1 N–H and O–H groups in total. The molecule has 5 heteroatoms. The number of pyridine rings is 1. The number of methoxy groups -OCH3 is 1. The molecule has 176 valence electrons. The molecule has 33 heavy (non-hydrogen) atoms. The maximum Gasteiger partial charge on any atom is 0.119 e. The zero-order chi connectivity index (χ0) is 22.8. The number of hydrogen-bond donors (Lipinski definition) is 1. The van der Waals surface area contributed by atoms with Crippen LogP contribution in [0.3, 0.4) is 0 Å². The van der Waals surface area contributed by atoms with Crippen LogP contribution in [0.5, 0.6) is 5.75 Å². The van der Waals surface area contributed by atoms with Crippen molar-refractivity contribution in [3.63, 3.8) is 0 Å². The van der Waals surface area contributed by atoms with Gasteiger partial charge in [0.25, 0.3) is 0 Å². The minimum Gasteiger partial charge on any atom is -0.491 e. The van der Waals surface area contributed by atoms with Crippen molar-refractivity contribution in [1.82, 2.24) is 9.38 Å². The number of aromatic nitrogens is 2. The smallest absolute Gasteiger partial charge is 0.119 e. The lowest BCUT2D eigenvalue weighted by atomic mass is 9.75. The Bertz CT molecular complexity index is 1050. The molecule has 3 aromatic rings. The molecule has 0 spiro atoms. The molecule has 2 aliphatic carbocycles. The van der Waals surface area contributed by atoms with Gasteiger partial charge in [0.2, 0.25) is 0 Å². The van der Waals surface area contributed by atoms with Crippen molar-refractivity contribution in [3.05, 3.63) is 65.7 Å². The van der Waals surface area contributed by atoms with E-state index >= 15 is 0 Å². The zero-order valence-corrected chi connectivity index (χ0v) is 19.8. The van der Waals surface area contributed by atoms with Gasteiger partial charge in [-0.15, -0.1) is 0 Å². The van der Waals surface area contributed by atoms with E-state index in [1.807, 2.05) is 12.5 Å². The molecule has 1 aromatic carbocycles. The van der Waals surface area contributed by atoms with E-state index in [9.17, 15) is 5.11 Å². The highest BCUT2D eigenvalue weighted by Gasteiger charge is 2.34. The monoisotopic (exact) mass is 448 g/mol. The van der Waals surface area contributed by atoms with E-state index in [0.29, 0.717) is 24.4 Å². The average Bonchev–Trinajstić information content (AvgIpc) is 3.58. The van der Waals surface area contributed by atoms with Crippen molar-refractivity contribution in [2.45, 2.75) is 75.9 Å². The normalized spacial score (nSPS) is 22.9. The van der Waals surface area contributed by atoms with Gasteiger partial charge < -0.3 is 19.0 Å². The van der Waals surface area contributed by atoms with Gasteiger partial charge in [-0.1, -0.05) is 12.1 Å². The third kappa shape index (κ3) is 4.95. The summed E-state index contributed by atoms with van der Waals surface area (Å²) in [5, 5.41) is 11.5. The maximum atomic E-state index is 11.5. The van der Waals surface area contributed by atoms with Gasteiger partial charge in [0, 0.05) is 31.9 Å². The van der Waals surface area contributed by atoms with E-state index < -0.39 is 6.10 Å². The standard InChI is InChI=1S/C28H36N2O3/c1-19(14-16-32-2)33-24-11-9-21(10-12-24)20-3-7-23(8-4-20)28(31)27-25(22-5-6-22)13-15-30-18-29-17-26(27)30/h9-13,15,17-20,22-23,28,31H,3-8,14,16H2,1-2H3. The number of ether oxygens (including phenoxy) is 2. The molecule has 0 amide bonds. The molecule has 2 saturated carbocycles. The number of imidazole rings is 1. The Balaban J connectivity index is 1.22. The molecular formula is C28H36N2O3. The summed E-state index contributed by atoms with van der Waals surface area (Å²) in [5.74, 6) is 2.41. The molecule has 2 heterocycles. The van der Waals surface area contributed by atoms with Crippen LogP contribution in [0.1, 0.15) is 86.5 Å². The summed E-state index contributed by atoms with van der Waals surface area (Å²) in [5.41, 5.74) is 4.93. The summed E-state index contributed by atoms with van der Waals surface area (Å²) < 4.78 is 13.2. The average molecular weight is 449 g/mol. The first-order chi connectivity index (χ1) is 16.1. The summed E-state index contributed by atoms with van der Waals surface area (Å²) in [6.45, 7) is 2.80. The quantitative estimate of drug-likeness (QED) is 0.435. The molecule has 0 radical (unpaired) electrons. The van der Waals surface area contributed by atoms with Crippen LogP contribution in [-0.4, -0.2) is 34.3 Å². The lowest BCUT2D eigenvalue weighted by Crippen LogP contribution is -2.21. The third-order valence-corrected chi connectivity index (χ3v) is 7.62. The number of nitrogens with zero attached hydrogens (tertiary/aromatic N) is 2. The number of aliphatic hydroxyl groups is 1. The van der Waals surface area contributed by atoms with Crippen LogP contribution in [0.4, 0.5) is 0 Å². The Morgan fingerprint density at radius 3 is 2.45 bits per heavy atom. The largest absolute Gasteiger partial charge is 0.491 e. The Morgan fingerprint density at radius 2 is 1.76 bits per heavy atom. The maximum absolute atomic E-state index is 11.5. The van der Waals surface area contributed by atoms with Crippen LogP contribution < -0.4 is 4.74 Å². The van der Waals surface area contributed by atoms with E-state index in [1.54, 1.807) is 7.11 Å². The molecule has 5 nitrogen and oxygen atoms in total. The van der Waals surface area contributed by atoms with Gasteiger partial charge >= 0.3 is 0 Å². The molecule has 2 atom stereocenters. The van der Waals surface area contributed by atoms with Crippen LogP contribution in [0, 0.1) is 5.92 Å². The number of rotatable bonds is 9. The van der Waals surface area contributed by atoms with Crippen LogP contribution >= 0.6 is 0 Å². The molecule has 2 aliphatic rings. The first kappa shape index (κ1) is 22.4. The fraction of sp³-hybridized carbons (Fsp3) is 0.536. The molecule has 0 bridgehead atoms. The lowest BCUT2D eigenvalue weighted by molar-refractivity contribution is 0.0810. The molecular weight excluding hydrogens is 412 g/mol. The van der Waals surface area contributed by atoms with Crippen molar-refractivity contribution >= 4 is 5.52 Å². The number of aliphatic hydroxyl groups excluding tert-OH is 1.